The molecule has 0 aromatic heterocycles. The summed E-state index contributed by atoms with van der Waals surface area (Å²) in [6, 6.07) is 91.9. The molecule has 0 aliphatic heterocycles. The van der Waals surface area contributed by atoms with Crippen molar-refractivity contribution < 1.29 is 57.1 Å². The quantitative estimate of drug-likeness (QED) is 0.0119. The van der Waals surface area contributed by atoms with Gasteiger partial charge in [-0.2, -0.15) is 10.2 Å². The number of ether oxygens (including phenoxy) is 7. The van der Waals surface area contributed by atoms with E-state index in [1.807, 2.05) is 198 Å². The van der Waals surface area contributed by atoms with Gasteiger partial charge in [-0.05, 0) is 270 Å². The molecule has 0 bridgehead atoms. The predicted molar refractivity (Wildman–Crippen MR) is 547 cm³/mol. The fraction of sp³-hybridized carbons (Fsp3) is 0.261. The number of esters is 5. The Morgan fingerprint density at radius 2 is 0.577 bits per heavy atom. The molecule has 14 aromatic carbocycles. The molecule has 700 valence electrons. The third-order valence-corrected chi connectivity index (χ3v) is 24.7. The number of hydrogen-bond donors (Lipinski definition) is 2. The number of nitrogens with zero attached hydrogens (tertiary/aromatic N) is 8. The number of anilines is 2. The number of hydrogen-bond acceptors (Lipinski definition) is 22. The Kier molecular flexibility index (Phi) is 33.6. The molecule has 14 aromatic rings. The normalized spacial score (nSPS) is 11.9. The summed E-state index contributed by atoms with van der Waals surface area (Å²) in [6.45, 7) is 34.6. The van der Waals surface area contributed by atoms with Crippen molar-refractivity contribution in [1.82, 2.24) is 0 Å². The van der Waals surface area contributed by atoms with E-state index in [0.29, 0.717) is 108 Å². The number of nitrogens with one attached hydrogen (secondary N) is 2. The lowest BCUT2D eigenvalue weighted by molar-refractivity contribution is -0.150. The lowest BCUT2D eigenvalue weighted by Gasteiger charge is -2.39. The third-order valence-electron chi connectivity index (χ3n) is 24.7. The highest BCUT2D eigenvalue weighted by atomic mass is 16.6. The highest BCUT2D eigenvalue weighted by molar-refractivity contribution is 6.04. The summed E-state index contributed by atoms with van der Waals surface area (Å²) in [6.07, 6.45) is 7.13. The Morgan fingerprint density at radius 1 is 0.292 bits per heavy atom. The van der Waals surface area contributed by atoms with Gasteiger partial charge in [0, 0.05) is 78.7 Å². The van der Waals surface area contributed by atoms with Crippen LogP contribution in [0.2, 0.25) is 0 Å². The summed E-state index contributed by atoms with van der Waals surface area (Å²) in [5.41, 5.74) is 11.8. The second kappa shape index (κ2) is 46.5. The van der Waals surface area contributed by atoms with E-state index in [2.05, 4.69) is 109 Å². The number of rotatable bonds is 39. The van der Waals surface area contributed by atoms with Gasteiger partial charge in [0.2, 0.25) is 0 Å². The molecule has 0 aliphatic rings. The van der Waals surface area contributed by atoms with E-state index >= 15 is 0 Å². The van der Waals surface area contributed by atoms with Crippen molar-refractivity contribution in [1.29, 1.82) is 0 Å². The summed E-state index contributed by atoms with van der Waals surface area (Å²) in [5.74, 6) is 0.825. The minimum absolute atomic E-state index is 0.00961. The number of fused-ring (bicyclic) bond motifs is 4. The van der Waals surface area contributed by atoms with E-state index in [1.54, 1.807) is 111 Å². The molecule has 137 heavy (non-hydrogen) atoms. The van der Waals surface area contributed by atoms with Crippen LogP contribution in [-0.4, -0.2) is 56.3 Å². The highest BCUT2D eigenvalue weighted by Gasteiger charge is 2.42. The van der Waals surface area contributed by atoms with Crippen molar-refractivity contribution in [3.63, 3.8) is 0 Å². The maximum Gasteiger partial charge on any atom is 0.343 e. The zero-order chi connectivity index (χ0) is 97.1. The summed E-state index contributed by atoms with van der Waals surface area (Å²) in [4.78, 5) is 61.6. The van der Waals surface area contributed by atoms with Crippen LogP contribution >= 0.6 is 0 Å². The standard InChI is InChI=1S/C58H59N5O7.C57H59N5O5/c1-39(2)54(64)68-37-15-9-8-14-36-67-43-28-22-41(23-29-43)55(65)69-44-26-20-40(21-27-44)38-59-50-32-33-52(47-17-11-10-16-46(47)50)62-63-53-35-34-51(48-18-12-13-19-49(48)53)61-60-42-24-30-45(31-25-42)70-56(66)58(6,7)57(3,4)5;1-39(2)54(63)66-37-15-9-8-14-36-65-44-30-22-41(23-31-44)55(64)67-45-28-20-40(21-29-45)38-58-50-32-33-52(47-17-11-10-16-46(47)50)61-62-53-35-34-51(48-18-12-13-19-49(48)53)60-59-43-26-24-42(25-27-43)57(6,7)56(3,4)5/h10-13,16-35,59H,1,8-9,14-15,36-38H2,2-7H3;10-13,16-35,58H,1,8-9,14-15,36-38H2,2-7H3. The molecule has 0 fully saturated rings. The first kappa shape index (κ1) is 99.0. The molecule has 0 unspecified atom stereocenters. The van der Waals surface area contributed by atoms with E-state index in [1.165, 1.54) is 5.56 Å². The van der Waals surface area contributed by atoms with E-state index in [9.17, 15) is 24.0 Å². The predicted octanol–water partition coefficient (Wildman–Crippen LogP) is 31.7. The van der Waals surface area contributed by atoms with Gasteiger partial charge in [-0.15, -0.1) is 30.7 Å². The number of carbonyl (C=O) groups excluding carboxylic acids is 5. The number of azo groups is 4. The average molecular weight is 1830 g/mol. The van der Waals surface area contributed by atoms with Gasteiger partial charge in [0.15, 0.2) is 0 Å². The van der Waals surface area contributed by atoms with Gasteiger partial charge in [0.05, 0.1) is 88.5 Å². The average Bonchev–Trinajstić information content (AvgIpc) is 0.804. The van der Waals surface area contributed by atoms with Crippen LogP contribution in [0.15, 0.2) is 356 Å². The van der Waals surface area contributed by atoms with Crippen LogP contribution in [0, 0.1) is 16.2 Å². The minimum atomic E-state index is -0.668. The van der Waals surface area contributed by atoms with Gasteiger partial charge in [0.1, 0.15) is 28.7 Å². The van der Waals surface area contributed by atoms with Crippen molar-refractivity contribution in [2.75, 3.05) is 37.1 Å². The van der Waals surface area contributed by atoms with E-state index in [4.69, 9.17) is 53.6 Å². The van der Waals surface area contributed by atoms with Gasteiger partial charge in [-0.1, -0.05) is 202 Å². The summed E-state index contributed by atoms with van der Waals surface area (Å²) in [5, 5.41) is 52.0. The number of benzene rings is 14. The molecule has 0 aliphatic carbocycles. The largest absolute Gasteiger partial charge is 0.494 e. The van der Waals surface area contributed by atoms with Crippen molar-refractivity contribution in [3.8, 4) is 28.7 Å². The first-order valence-electron chi connectivity index (χ1n) is 46.3. The summed E-state index contributed by atoms with van der Waals surface area (Å²) in [7, 11) is 0. The maximum atomic E-state index is 12.9. The second-order valence-corrected chi connectivity index (χ2v) is 36.8. The van der Waals surface area contributed by atoms with E-state index in [-0.39, 0.29) is 34.2 Å². The minimum Gasteiger partial charge on any atom is -0.494 e. The third kappa shape index (κ3) is 27.0. The Labute approximate surface area is 801 Å². The summed E-state index contributed by atoms with van der Waals surface area (Å²) < 4.78 is 38.9. The SMILES string of the molecule is C=C(C)C(=O)OCCCCCCOc1ccc(C(=O)Oc2ccc(CNc3ccc(N=Nc4ccc(N=Nc5ccc(C(C)(C)C(C)(C)C)cc5)c5ccccc45)c4ccccc34)cc2)cc1.C=C(C)C(=O)OCCCCCCOc1ccc(C(=O)Oc2ccc(CNc3ccc(N=Nc4ccc(N=Nc5ccc(OC(=O)C(C)(C)C(C)(C)C)cc5)c5ccccc45)c4ccccc34)cc2)cc1. The Hall–Kier alpha value is -15.5. The van der Waals surface area contributed by atoms with Crippen LogP contribution in [0.5, 0.6) is 28.7 Å². The zero-order valence-corrected chi connectivity index (χ0v) is 80.0. The number of unbranched alkanes of at least 4 members (excludes halogenated alkanes) is 6. The molecule has 22 heteroatoms. The molecular weight excluding hydrogens is 1710 g/mol. The molecule has 0 spiro atoms. The van der Waals surface area contributed by atoms with Gasteiger partial charge in [-0.25, -0.2) is 19.2 Å². The first-order chi connectivity index (χ1) is 65.9. The van der Waals surface area contributed by atoms with Crippen LogP contribution in [0.1, 0.15) is 172 Å². The van der Waals surface area contributed by atoms with Crippen LogP contribution in [0.3, 0.4) is 0 Å². The monoisotopic (exact) mass is 1830 g/mol. The molecule has 14 rings (SSSR count). The number of carbonyl (C=O) groups is 5. The van der Waals surface area contributed by atoms with Crippen molar-refractivity contribution in [3.05, 3.63) is 343 Å². The van der Waals surface area contributed by atoms with Gasteiger partial charge >= 0.3 is 29.8 Å². The molecule has 2 N–H and O–H groups in total. The van der Waals surface area contributed by atoms with E-state index in [0.717, 1.165) is 145 Å². The second-order valence-electron chi connectivity index (χ2n) is 36.8. The molecule has 22 nitrogen and oxygen atoms in total. The summed E-state index contributed by atoms with van der Waals surface area (Å²) >= 11 is 0. The van der Waals surface area contributed by atoms with Crippen molar-refractivity contribution in [2.24, 2.45) is 57.2 Å². The van der Waals surface area contributed by atoms with Crippen LogP contribution in [0.4, 0.5) is 56.9 Å². The fourth-order valence-corrected chi connectivity index (χ4v) is 14.4. The van der Waals surface area contributed by atoms with Gasteiger partial charge < -0.3 is 43.8 Å². The molecular formula is C115H118N10O12. The fourth-order valence-electron chi connectivity index (χ4n) is 14.4. The van der Waals surface area contributed by atoms with E-state index < -0.39 is 17.4 Å². The first-order valence-corrected chi connectivity index (χ1v) is 46.3. The Balaban J connectivity index is 0.000000232. The maximum absolute atomic E-state index is 12.9. The zero-order valence-electron chi connectivity index (χ0n) is 80.0. The van der Waals surface area contributed by atoms with Crippen LogP contribution in [-0.2, 0) is 42.4 Å². The highest BCUT2D eigenvalue weighted by Crippen LogP contribution is 2.45. The lowest BCUT2D eigenvalue weighted by atomic mass is 9.65. The van der Waals surface area contributed by atoms with Crippen LogP contribution in [0.25, 0.3) is 43.1 Å². The molecule has 0 atom stereocenters. The molecule has 0 amide bonds. The Morgan fingerprint density at radius 3 is 0.905 bits per heavy atom. The smallest absolute Gasteiger partial charge is 0.343 e. The lowest BCUT2D eigenvalue weighted by Crippen LogP contribution is -2.40. The topological polar surface area (TPSA) is 273 Å². The molecule has 0 radical (unpaired) electrons. The van der Waals surface area contributed by atoms with Crippen LogP contribution < -0.4 is 34.3 Å². The molecule has 0 saturated carbocycles. The molecule has 0 saturated heterocycles. The van der Waals surface area contributed by atoms with Crippen molar-refractivity contribution in [2.45, 2.75) is 153 Å². The van der Waals surface area contributed by atoms with Gasteiger partial charge in [-0.3, -0.25) is 4.79 Å². The molecule has 0 heterocycles. The Bertz CT molecular complexity index is 6740. The van der Waals surface area contributed by atoms with Crippen molar-refractivity contribution >= 4 is 130 Å². The van der Waals surface area contributed by atoms with Gasteiger partial charge in [0.25, 0.3) is 0 Å².